The van der Waals surface area contributed by atoms with E-state index < -0.39 is 0 Å². The summed E-state index contributed by atoms with van der Waals surface area (Å²) in [5, 5.41) is 2.79. The highest BCUT2D eigenvalue weighted by molar-refractivity contribution is 5.90. The van der Waals surface area contributed by atoms with Crippen LogP contribution >= 0.6 is 0 Å². The van der Waals surface area contributed by atoms with Gasteiger partial charge in [-0.2, -0.15) is 0 Å². The van der Waals surface area contributed by atoms with Crippen molar-refractivity contribution >= 4 is 11.8 Å². The lowest BCUT2D eigenvalue weighted by molar-refractivity contribution is -0.133. The van der Waals surface area contributed by atoms with Gasteiger partial charge in [0.05, 0.1) is 0 Å². The third-order valence-electron chi connectivity index (χ3n) is 2.34. The second-order valence-electron chi connectivity index (χ2n) is 3.35. The molecule has 2 amide bonds. The Balaban J connectivity index is 2.43. The quantitative estimate of drug-likeness (QED) is 0.678. The van der Waals surface area contributed by atoms with Gasteiger partial charge in [-0.05, 0) is 12.8 Å². The Morgan fingerprint density at radius 3 is 2.85 bits per heavy atom. The van der Waals surface area contributed by atoms with Gasteiger partial charge in [-0.25, -0.2) is 0 Å². The minimum Gasteiger partial charge on any atom is -0.354 e. The molecule has 1 unspecified atom stereocenters. The topological polar surface area (TPSA) is 49.4 Å². The van der Waals surface area contributed by atoms with Gasteiger partial charge < -0.3 is 10.2 Å². The molecule has 0 aromatic heterocycles. The summed E-state index contributed by atoms with van der Waals surface area (Å²) in [7, 11) is 1.69. The molecule has 1 atom stereocenters. The van der Waals surface area contributed by atoms with Crippen molar-refractivity contribution in [3.63, 3.8) is 0 Å². The molecule has 0 aromatic rings. The van der Waals surface area contributed by atoms with Crippen LogP contribution in [0.5, 0.6) is 0 Å². The van der Waals surface area contributed by atoms with Gasteiger partial charge in [0.25, 0.3) is 0 Å². The lowest BCUT2D eigenvalue weighted by Crippen LogP contribution is -2.42. The van der Waals surface area contributed by atoms with Crippen LogP contribution in [-0.4, -0.2) is 36.3 Å². The lowest BCUT2D eigenvalue weighted by atomic mass is 10.2. The summed E-state index contributed by atoms with van der Waals surface area (Å²) in [5.41, 5.74) is 0. The Hall–Kier alpha value is -1.06. The highest BCUT2D eigenvalue weighted by atomic mass is 16.2. The zero-order chi connectivity index (χ0) is 9.84. The number of likely N-dealkylation sites (N-methyl/N-ethyl adjacent to an activating group) is 1. The van der Waals surface area contributed by atoms with Crippen molar-refractivity contribution in [2.24, 2.45) is 0 Å². The number of nitrogens with one attached hydrogen (secondary N) is 1. The Morgan fingerprint density at radius 2 is 2.38 bits per heavy atom. The Bertz CT molecular complexity index is 216. The summed E-state index contributed by atoms with van der Waals surface area (Å²) < 4.78 is 0. The highest BCUT2D eigenvalue weighted by Crippen LogP contribution is 2.15. The zero-order valence-corrected chi connectivity index (χ0v) is 8.17. The van der Waals surface area contributed by atoms with E-state index in [9.17, 15) is 9.59 Å². The molecule has 1 heterocycles. The van der Waals surface area contributed by atoms with Crippen LogP contribution in [0, 0.1) is 0 Å². The molecule has 1 aliphatic heterocycles. The number of nitrogens with zero attached hydrogens (tertiary/aromatic N) is 1. The van der Waals surface area contributed by atoms with Crippen molar-refractivity contribution in [3.8, 4) is 0 Å². The molecule has 1 aliphatic rings. The molecule has 0 aliphatic carbocycles. The molecule has 0 aromatic carbocycles. The van der Waals surface area contributed by atoms with Crippen molar-refractivity contribution in [1.82, 2.24) is 10.2 Å². The van der Waals surface area contributed by atoms with E-state index in [1.807, 2.05) is 6.92 Å². The van der Waals surface area contributed by atoms with Gasteiger partial charge in [-0.3, -0.25) is 9.59 Å². The van der Waals surface area contributed by atoms with Crippen molar-refractivity contribution in [2.75, 3.05) is 13.6 Å². The van der Waals surface area contributed by atoms with Crippen molar-refractivity contribution < 1.29 is 9.59 Å². The van der Waals surface area contributed by atoms with E-state index in [1.54, 1.807) is 7.05 Å². The van der Waals surface area contributed by atoms with Crippen molar-refractivity contribution in [2.45, 2.75) is 32.2 Å². The summed E-state index contributed by atoms with van der Waals surface area (Å²) in [6.07, 6.45) is 2.09. The first-order valence-electron chi connectivity index (χ1n) is 4.70. The number of carbonyl (C=O) groups is 2. The van der Waals surface area contributed by atoms with Gasteiger partial charge in [0.1, 0.15) is 6.04 Å². The molecule has 0 spiro atoms. The Labute approximate surface area is 78.3 Å². The fourth-order valence-corrected chi connectivity index (χ4v) is 1.48. The van der Waals surface area contributed by atoms with Crippen LogP contribution in [0.2, 0.25) is 0 Å². The first kappa shape index (κ1) is 10.0. The maximum absolute atomic E-state index is 11.5. The minimum atomic E-state index is -0.237. The summed E-state index contributed by atoms with van der Waals surface area (Å²) in [6, 6.07) is -0.237. The van der Waals surface area contributed by atoms with Gasteiger partial charge in [0, 0.05) is 20.0 Å². The largest absolute Gasteiger partial charge is 0.354 e. The van der Waals surface area contributed by atoms with Crippen molar-refractivity contribution in [1.29, 1.82) is 0 Å². The second kappa shape index (κ2) is 4.25. The third-order valence-corrected chi connectivity index (χ3v) is 2.34. The monoisotopic (exact) mass is 184 g/mol. The smallest absolute Gasteiger partial charge is 0.242 e. The summed E-state index contributed by atoms with van der Waals surface area (Å²) >= 11 is 0. The highest BCUT2D eigenvalue weighted by Gasteiger charge is 2.32. The van der Waals surface area contributed by atoms with E-state index in [1.165, 1.54) is 4.90 Å². The summed E-state index contributed by atoms with van der Waals surface area (Å²) in [4.78, 5) is 24.1. The molecule has 4 nitrogen and oxygen atoms in total. The Morgan fingerprint density at radius 1 is 1.69 bits per heavy atom. The van der Waals surface area contributed by atoms with E-state index in [4.69, 9.17) is 0 Å². The first-order valence-corrected chi connectivity index (χ1v) is 4.70. The lowest BCUT2D eigenvalue weighted by Gasteiger charge is -2.18. The second-order valence-corrected chi connectivity index (χ2v) is 3.35. The van der Waals surface area contributed by atoms with Gasteiger partial charge in [0.15, 0.2) is 0 Å². The molecule has 1 rings (SSSR count). The van der Waals surface area contributed by atoms with E-state index in [0.717, 1.165) is 6.42 Å². The molecule has 4 heteroatoms. The van der Waals surface area contributed by atoms with Gasteiger partial charge in [0.2, 0.25) is 11.8 Å². The predicted octanol–water partition coefficient (Wildman–Crippen LogP) is 0.133. The van der Waals surface area contributed by atoms with Crippen LogP contribution in [-0.2, 0) is 9.59 Å². The predicted molar refractivity (Wildman–Crippen MR) is 49.1 cm³/mol. The fraction of sp³-hybridized carbons (Fsp3) is 0.778. The minimum absolute atomic E-state index is 0.0183. The van der Waals surface area contributed by atoms with Gasteiger partial charge >= 0.3 is 0 Å². The van der Waals surface area contributed by atoms with Crippen LogP contribution in [0.25, 0.3) is 0 Å². The van der Waals surface area contributed by atoms with Crippen LogP contribution in [0.15, 0.2) is 0 Å². The van der Waals surface area contributed by atoms with Crippen LogP contribution in [0.1, 0.15) is 26.2 Å². The standard InChI is InChI=1S/C9H16N2O2/c1-3-6-10-9(13)7-4-5-8(12)11(7)2/h7H,3-6H2,1-2H3,(H,10,13). The van der Waals surface area contributed by atoms with E-state index in [0.29, 0.717) is 19.4 Å². The number of rotatable bonds is 3. The molecular formula is C9H16N2O2. The Kier molecular flexibility index (Phi) is 3.28. The number of hydrogen-bond acceptors (Lipinski definition) is 2. The SMILES string of the molecule is CCCNC(=O)C1CCC(=O)N1C. The molecule has 1 N–H and O–H groups in total. The number of likely N-dealkylation sites (tertiary alicyclic amines) is 1. The molecule has 0 bridgehead atoms. The van der Waals surface area contributed by atoms with Crippen LogP contribution in [0.4, 0.5) is 0 Å². The molecular weight excluding hydrogens is 168 g/mol. The van der Waals surface area contributed by atoms with E-state index in [-0.39, 0.29) is 17.9 Å². The average molecular weight is 184 g/mol. The van der Waals surface area contributed by atoms with Crippen LogP contribution in [0.3, 0.4) is 0 Å². The summed E-state index contributed by atoms with van der Waals surface area (Å²) in [5.74, 6) is 0.0480. The molecule has 74 valence electrons. The normalized spacial score (nSPS) is 22.2. The molecule has 0 radical (unpaired) electrons. The third kappa shape index (κ3) is 2.20. The molecule has 13 heavy (non-hydrogen) atoms. The maximum atomic E-state index is 11.5. The van der Waals surface area contributed by atoms with Crippen molar-refractivity contribution in [3.05, 3.63) is 0 Å². The van der Waals surface area contributed by atoms with E-state index >= 15 is 0 Å². The maximum Gasteiger partial charge on any atom is 0.242 e. The van der Waals surface area contributed by atoms with Crippen LogP contribution < -0.4 is 5.32 Å². The summed E-state index contributed by atoms with van der Waals surface area (Å²) in [6.45, 7) is 2.70. The number of carbonyl (C=O) groups excluding carboxylic acids is 2. The molecule has 1 fully saturated rings. The van der Waals surface area contributed by atoms with Gasteiger partial charge in [-0.1, -0.05) is 6.92 Å². The molecule has 0 saturated carbocycles. The zero-order valence-electron chi connectivity index (χ0n) is 8.17. The van der Waals surface area contributed by atoms with Gasteiger partial charge in [-0.15, -0.1) is 0 Å². The fourth-order valence-electron chi connectivity index (χ4n) is 1.48. The van der Waals surface area contributed by atoms with E-state index in [2.05, 4.69) is 5.32 Å². The average Bonchev–Trinajstić information content (AvgIpc) is 2.44. The number of amides is 2. The molecule has 1 saturated heterocycles. The number of hydrogen-bond donors (Lipinski definition) is 1. The first-order chi connectivity index (χ1) is 6.16.